The van der Waals surface area contributed by atoms with Crippen LogP contribution >= 0.6 is 11.6 Å². The van der Waals surface area contributed by atoms with E-state index in [-0.39, 0.29) is 29.7 Å². The van der Waals surface area contributed by atoms with E-state index in [0.717, 1.165) is 0 Å². The second kappa shape index (κ2) is 8.87. The summed E-state index contributed by atoms with van der Waals surface area (Å²) in [4.78, 5) is 29.7. The van der Waals surface area contributed by atoms with Crippen molar-refractivity contribution in [2.24, 2.45) is 0 Å². The molecule has 0 aliphatic carbocycles. The fourth-order valence-electron chi connectivity index (χ4n) is 2.66. The van der Waals surface area contributed by atoms with Crippen molar-refractivity contribution >= 4 is 29.1 Å². The van der Waals surface area contributed by atoms with Gasteiger partial charge in [0, 0.05) is 32.6 Å². The molecule has 0 saturated carbocycles. The SMILES string of the molecule is CN(C)C(=O)c1ccc(NC(=O)CCc2ncc(-c3ccccc3F)o2)cc1Cl. The van der Waals surface area contributed by atoms with E-state index in [1.54, 1.807) is 44.4 Å². The zero-order chi connectivity index (χ0) is 21.0. The second-order valence-corrected chi connectivity index (χ2v) is 6.95. The number of hydrogen-bond acceptors (Lipinski definition) is 4. The summed E-state index contributed by atoms with van der Waals surface area (Å²) in [5.41, 5.74) is 1.16. The van der Waals surface area contributed by atoms with Crippen molar-refractivity contribution in [2.45, 2.75) is 12.8 Å². The molecule has 6 nitrogen and oxygen atoms in total. The molecule has 3 aromatic rings. The van der Waals surface area contributed by atoms with Crippen LogP contribution < -0.4 is 5.32 Å². The summed E-state index contributed by atoms with van der Waals surface area (Å²) >= 11 is 6.14. The van der Waals surface area contributed by atoms with Gasteiger partial charge in [-0.15, -0.1) is 0 Å². The van der Waals surface area contributed by atoms with Crippen molar-refractivity contribution in [3.63, 3.8) is 0 Å². The molecule has 8 heteroatoms. The topological polar surface area (TPSA) is 75.4 Å². The van der Waals surface area contributed by atoms with Crippen LogP contribution in [0.2, 0.25) is 5.02 Å². The lowest BCUT2D eigenvalue weighted by atomic mass is 10.1. The molecule has 0 spiro atoms. The molecule has 29 heavy (non-hydrogen) atoms. The third-order valence-corrected chi connectivity index (χ3v) is 4.46. The molecule has 0 aliphatic heterocycles. The van der Waals surface area contributed by atoms with Crippen LogP contribution in [0.15, 0.2) is 53.1 Å². The van der Waals surface area contributed by atoms with Crippen LogP contribution in [0, 0.1) is 5.82 Å². The van der Waals surface area contributed by atoms with Crippen molar-refractivity contribution in [3.05, 3.63) is 71.0 Å². The fraction of sp³-hybridized carbons (Fsp3) is 0.190. The highest BCUT2D eigenvalue weighted by molar-refractivity contribution is 6.34. The van der Waals surface area contributed by atoms with Crippen LogP contribution in [0.25, 0.3) is 11.3 Å². The summed E-state index contributed by atoms with van der Waals surface area (Å²) in [7, 11) is 3.27. The maximum Gasteiger partial charge on any atom is 0.254 e. The van der Waals surface area contributed by atoms with E-state index in [2.05, 4.69) is 10.3 Å². The molecule has 3 rings (SSSR count). The third-order valence-electron chi connectivity index (χ3n) is 4.15. The van der Waals surface area contributed by atoms with Crippen molar-refractivity contribution in [3.8, 4) is 11.3 Å². The highest BCUT2D eigenvalue weighted by atomic mass is 35.5. The van der Waals surface area contributed by atoms with Gasteiger partial charge in [-0.2, -0.15) is 0 Å². The Morgan fingerprint density at radius 1 is 1.21 bits per heavy atom. The highest BCUT2D eigenvalue weighted by Crippen LogP contribution is 2.24. The summed E-state index contributed by atoms with van der Waals surface area (Å²) in [6, 6.07) is 10.9. The quantitative estimate of drug-likeness (QED) is 0.647. The van der Waals surface area contributed by atoms with E-state index in [1.165, 1.54) is 23.2 Å². The number of aromatic nitrogens is 1. The van der Waals surface area contributed by atoms with Gasteiger partial charge >= 0.3 is 0 Å². The molecule has 0 radical (unpaired) electrons. The maximum atomic E-state index is 13.8. The number of nitrogens with zero attached hydrogens (tertiary/aromatic N) is 2. The van der Waals surface area contributed by atoms with Crippen molar-refractivity contribution in [2.75, 3.05) is 19.4 Å². The summed E-state index contributed by atoms with van der Waals surface area (Å²) in [6.07, 6.45) is 1.81. The maximum absolute atomic E-state index is 13.8. The van der Waals surface area contributed by atoms with E-state index < -0.39 is 5.82 Å². The molecular weight excluding hydrogens is 397 g/mol. The van der Waals surface area contributed by atoms with Crippen molar-refractivity contribution < 1.29 is 18.4 Å². The lowest BCUT2D eigenvalue weighted by Gasteiger charge is -2.12. The molecule has 0 unspecified atom stereocenters. The zero-order valence-corrected chi connectivity index (χ0v) is 16.7. The first kappa shape index (κ1) is 20.5. The van der Waals surface area contributed by atoms with Crippen LogP contribution in [0.5, 0.6) is 0 Å². The molecule has 2 aromatic carbocycles. The average molecular weight is 416 g/mol. The second-order valence-electron chi connectivity index (χ2n) is 6.54. The summed E-state index contributed by atoms with van der Waals surface area (Å²) < 4.78 is 19.3. The van der Waals surface area contributed by atoms with Crippen LogP contribution in [0.4, 0.5) is 10.1 Å². The number of anilines is 1. The van der Waals surface area contributed by atoms with Gasteiger partial charge in [0.2, 0.25) is 5.91 Å². The number of hydrogen-bond donors (Lipinski definition) is 1. The molecule has 0 fully saturated rings. The van der Waals surface area contributed by atoms with Crippen molar-refractivity contribution in [1.82, 2.24) is 9.88 Å². The van der Waals surface area contributed by atoms with Gasteiger partial charge in [0.1, 0.15) is 5.82 Å². The lowest BCUT2D eigenvalue weighted by molar-refractivity contribution is -0.116. The number of carbonyl (C=O) groups excluding carboxylic acids is 2. The molecule has 2 amide bonds. The Labute approximate surface area is 172 Å². The predicted molar refractivity (Wildman–Crippen MR) is 108 cm³/mol. The highest BCUT2D eigenvalue weighted by Gasteiger charge is 2.14. The van der Waals surface area contributed by atoms with Crippen molar-refractivity contribution in [1.29, 1.82) is 0 Å². The Kier molecular flexibility index (Phi) is 6.29. The van der Waals surface area contributed by atoms with Gasteiger partial charge in [0.25, 0.3) is 5.91 Å². The number of nitrogens with one attached hydrogen (secondary N) is 1. The first-order valence-electron chi connectivity index (χ1n) is 8.86. The number of oxazole rings is 1. The van der Waals surface area contributed by atoms with Crippen LogP contribution in [0.1, 0.15) is 22.7 Å². The number of benzene rings is 2. The van der Waals surface area contributed by atoms with Crippen LogP contribution in [-0.4, -0.2) is 35.8 Å². The van der Waals surface area contributed by atoms with Gasteiger partial charge in [-0.25, -0.2) is 9.37 Å². The summed E-state index contributed by atoms with van der Waals surface area (Å²) in [5, 5.41) is 2.97. The number of aryl methyl sites for hydroxylation is 1. The average Bonchev–Trinajstić information content (AvgIpc) is 3.15. The summed E-state index contributed by atoms with van der Waals surface area (Å²) in [5.74, 6) is -0.239. The van der Waals surface area contributed by atoms with Gasteiger partial charge in [0.15, 0.2) is 11.7 Å². The first-order chi connectivity index (χ1) is 13.8. The Morgan fingerprint density at radius 2 is 1.97 bits per heavy atom. The molecule has 150 valence electrons. The van der Waals surface area contributed by atoms with E-state index in [1.807, 2.05) is 0 Å². The smallest absolute Gasteiger partial charge is 0.254 e. The molecule has 1 heterocycles. The van der Waals surface area contributed by atoms with Gasteiger partial charge in [0.05, 0.1) is 22.3 Å². The van der Waals surface area contributed by atoms with E-state index in [0.29, 0.717) is 28.5 Å². The van der Waals surface area contributed by atoms with Gasteiger partial charge < -0.3 is 14.6 Å². The molecule has 1 N–H and O–H groups in total. The third kappa shape index (κ3) is 5.00. The minimum atomic E-state index is -0.402. The summed E-state index contributed by atoms with van der Waals surface area (Å²) in [6.45, 7) is 0. The van der Waals surface area contributed by atoms with Crippen LogP contribution in [0.3, 0.4) is 0 Å². The molecule has 0 atom stereocenters. The van der Waals surface area contributed by atoms with Gasteiger partial charge in [-0.3, -0.25) is 9.59 Å². The van der Waals surface area contributed by atoms with E-state index in [9.17, 15) is 14.0 Å². The largest absolute Gasteiger partial charge is 0.441 e. The Bertz CT molecular complexity index is 1050. The van der Waals surface area contributed by atoms with Crippen LogP contribution in [-0.2, 0) is 11.2 Å². The molecule has 0 bridgehead atoms. The van der Waals surface area contributed by atoms with Gasteiger partial charge in [-0.05, 0) is 30.3 Å². The minimum Gasteiger partial charge on any atom is -0.441 e. The normalized spacial score (nSPS) is 10.6. The molecule has 1 aromatic heterocycles. The van der Waals surface area contributed by atoms with E-state index >= 15 is 0 Å². The van der Waals surface area contributed by atoms with Gasteiger partial charge in [-0.1, -0.05) is 23.7 Å². The standard InChI is InChI=1S/C21H19ClFN3O3/c1-26(2)21(28)14-8-7-13(11-16(14)22)25-19(27)9-10-20-24-12-18(29-20)15-5-3-4-6-17(15)23/h3-8,11-12H,9-10H2,1-2H3,(H,25,27). The molecule has 0 aliphatic rings. The number of amides is 2. The predicted octanol–water partition coefficient (Wildman–Crippen LogP) is 4.41. The molecular formula is C21H19ClFN3O3. The molecule has 0 saturated heterocycles. The number of rotatable bonds is 6. The Balaban J connectivity index is 1.59. The first-order valence-corrected chi connectivity index (χ1v) is 9.23. The number of halogens is 2. The Hall–Kier alpha value is -3.19. The fourth-order valence-corrected chi connectivity index (χ4v) is 2.92. The zero-order valence-electron chi connectivity index (χ0n) is 15.9. The number of carbonyl (C=O) groups is 2. The lowest BCUT2D eigenvalue weighted by Crippen LogP contribution is -2.22. The minimum absolute atomic E-state index is 0.118. The Morgan fingerprint density at radius 3 is 2.66 bits per heavy atom. The van der Waals surface area contributed by atoms with E-state index in [4.69, 9.17) is 16.0 Å². The monoisotopic (exact) mass is 415 g/mol.